The number of nitrogens with zero attached hydrogens (tertiary/aromatic N) is 1. The van der Waals surface area contributed by atoms with E-state index in [0.29, 0.717) is 22.9 Å². The molecular weight excluding hydrogens is 228 g/mol. The molecule has 0 aliphatic rings. The topological polar surface area (TPSA) is 67.8 Å². The molecule has 0 spiro atoms. The summed E-state index contributed by atoms with van der Waals surface area (Å²) in [5.74, 6) is 0.594. The van der Waals surface area contributed by atoms with Gasteiger partial charge in [-0.2, -0.15) is 0 Å². The van der Waals surface area contributed by atoms with Gasteiger partial charge in [-0.15, -0.1) is 0 Å². The molecule has 16 heavy (non-hydrogen) atoms. The van der Waals surface area contributed by atoms with Gasteiger partial charge in [0, 0.05) is 5.56 Å². The van der Waals surface area contributed by atoms with Crippen LogP contribution >= 0.6 is 11.6 Å². The van der Waals surface area contributed by atoms with Gasteiger partial charge in [0.1, 0.15) is 12.4 Å². The van der Waals surface area contributed by atoms with E-state index in [1.165, 1.54) is 0 Å². The van der Waals surface area contributed by atoms with E-state index in [-0.39, 0.29) is 5.84 Å². The van der Waals surface area contributed by atoms with Crippen molar-refractivity contribution in [3.63, 3.8) is 0 Å². The van der Waals surface area contributed by atoms with Gasteiger partial charge in [-0.05, 0) is 24.6 Å². The summed E-state index contributed by atoms with van der Waals surface area (Å²) in [4.78, 5) is 0. The SMILES string of the molecule is C=CCOc1c(C)cc(/C(N)=N/O)cc1Cl. The van der Waals surface area contributed by atoms with Gasteiger partial charge in [0.2, 0.25) is 0 Å². The van der Waals surface area contributed by atoms with Crippen molar-refractivity contribution in [2.45, 2.75) is 6.92 Å². The predicted octanol–water partition coefficient (Wildman–Crippen LogP) is 2.31. The highest BCUT2D eigenvalue weighted by molar-refractivity contribution is 6.32. The maximum atomic E-state index is 8.56. The van der Waals surface area contributed by atoms with E-state index in [2.05, 4.69) is 11.7 Å². The summed E-state index contributed by atoms with van der Waals surface area (Å²) in [6.45, 7) is 5.76. The molecule has 0 heterocycles. The van der Waals surface area contributed by atoms with Crippen LogP contribution in [-0.2, 0) is 0 Å². The number of halogens is 1. The summed E-state index contributed by atoms with van der Waals surface area (Å²) in [6.07, 6.45) is 1.63. The summed E-state index contributed by atoms with van der Waals surface area (Å²) in [5, 5.41) is 11.9. The van der Waals surface area contributed by atoms with E-state index in [9.17, 15) is 0 Å². The molecule has 0 aromatic heterocycles. The van der Waals surface area contributed by atoms with Crippen LogP contribution in [0.25, 0.3) is 0 Å². The van der Waals surface area contributed by atoms with Crippen LogP contribution in [-0.4, -0.2) is 17.6 Å². The van der Waals surface area contributed by atoms with Gasteiger partial charge in [-0.3, -0.25) is 0 Å². The molecule has 0 aliphatic carbocycles. The standard InChI is InChI=1S/C11H13ClN2O2/c1-3-4-16-10-7(2)5-8(6-9(10)12)11(13)14-15/h3,5-6,15H,1,4H2,2H3,(H2,13,14). The quantitative estimate of drug-likeness (QED) is 0.279. The number of oxime groups is 1. The van der Waals surface area contributed by atoms with Crippen LogP contribution in [0.5, 0.6) is 5.75 Å². The molecule has 4 nitrogen and oxygen atoms in total. The molecule has 0 radical (unpaired) electrons. The normalized spacial score (nSPS) is 11.2. The van der Waals surface area contributed by atoms with Crippen LogP contribution < -0.4 is 10.5 Å². The van der Waals surface area contributed by atoms with Crippen molar-refractivity contribution >= 4 is 17.4 Å². The lowest BCUT2D eigenvalue weighted by atomic mass is 10.1. The number of hydrogen-bond acceptors (Lipinski definition) is 3. The third-order valence-electron chi connectivity index (χ3n) is 1.98. The molecule has 0 fully saturated rings. The van der Waals surface area contributed by atoms with Gasteiger partial charge < -0.3 is 15.7 Å². The van der Waals surface area contributed by atoms with Crippen molar-refractivity contribution in [1.29, 1.82) is 0 Å². The van der Waals surface area contributed by atoms with Crippen LogP contribution in [0.3, 0.4) is 0 Å². The molecule has 1 rings (SSSR count). The molecule has 0 saturated heterocycles. The van der Waals surface area contributed by atoms with Gasteiger partial charge in [-0.25, -0.2) is 0 Å². The van der Waals surface area contributed by atoms with Crippen LogP contribution in [0.4, 0.5) is 0 Å². The van der Waals surface area contributed by atoms with Crippen LogP contribution in [0.1, 0.15) is 11.1 Å². The minimum absolute atomic E-state index is 0.0141. The number of amidine groups is 1. The first-order chi connectivity index (χ1) is 7.60. The molecule has 0 bridgehead atoms. The van der Waals surface area contributed by atoms with E-state index in [1.54, 1.807) is 18.2 Å². The van der Waals surface area contributed by atoms with Gasteiger partial charge in [-0.1, -0.05) is 29.4 Å². The summed E-state index contributed by atoms with van der Waals surface area (Å²) in [6, 6.07) is 3.32. The van der Waals surface area contributed by atoms with Gasteiger partial charge in [0.25, 0.3) is 0 Å². The van der Waals surface area contributed by atoms with Gasteiger partial charge in [0.15, 0.2) is 5.84 Å². The highest BCUT2D eigenvalue weighted by Crippen LogP contribution is 2.29. The molecule has 0 aliphatic heterocycles. The van der Waals surface area contributed by atoms with Crippen molar-refractivity contribution in [2.75, 3.05) is 6.61 Å². The summed E-state index contributed by atoms with van der Waals surface area (Å²) in [7, 11) is 0. The molecule has 0 unspecified atom stereocenters. The monoisotopic (exact) mass is 240 g/mol. The fourth-order valence-electron chi connectivity index (χ4n) is 1.26. The Labute approximate surface area is 99.0 Å². The number of nitrogens with two attached hydrogens (primary N) is 1. The van der Waals surface area contributed by atoms with E-state index in [4.69, 9.17) is 27.3 Å². The third kappa shape index (κ3) is 2.67. The number of hydrogen-bond donors (Lipinski definition) is 2. The second kappa shape index (κ2) is 5.42. The first kappa shape index (κ1) is 12.4. The van der Waals surface area contributed by atoms with Gasteiger partial charge in [0.05, 0.1) is 5.02 Å². The van der Waals surface area contributed by atoms with Gasteiger partial charge >= 0.3 is 0 Å². The Morgan fingerprint density at radius 2 is 2.38 bits per heavy atom. The fraction of sp³-hybridized carbons (Fsp3) is 0.182. The lowest BCUT2D eigenvalue weighted by molar-refractivity contribution is 0.318. The highest BCUT2D eigenvalue weighted by atomic mass is 35.5. The maximum Gasteiger partial charge on any atom is 0.170 e. The number of benzene rings is 1. The Morgan fingerprint density at radius 1 is 1.69 bits per heavy atom. The fourth-order valence-corrected chi connectivity index (χ4v) is 1.58. The van der Waals surface area contributed by atoms with Crippen molar-refractivity contribution in [1.82, 2.24) is 0 Å². The van der Waals surface area contributed by atoms with Crippen molar-refractivity contribution in [3.05, 3.63) is 40.9 Å². The number of rotatable bonds is 4. The van der Waals surface area contributed by atoms with E-state index in [0.717, 1.165) is 5.56 Å². The molecular formula is C11H13ClN2O2. The van der Waals surface area contributed by atoms with Crippen molar-refractivity contribution < 1.29 is 9.94 Å². The van der Waals surface area contributed by atoms with E-state index in [1.807, 2.05) is 6.92 Å². The first-order valence-electron chi connectivity index (χ1n) is 4.62. The molecule has 1 aromatic carbocycles. The Hall–Kier alpha value is -1.68. The third-order valence-corrected chi connectivity index (χ3v) is 2.26. The molecule has 5 heteroatoms. The molecule has 0 atom stereocenters. The molecule has 3 N–H and O–H groups in total. The highest BCUT2D eigenvalue weighted by Gasteiger charge is 2.09. The van der Waals surface area contributed by atoms with Crippen LogP contribution in [0, 0.1) is 6.92 Å². The minimum Gasteiger partial charge on any atom is -0.488 e. The Morgan fingerprint density at radius 3 is 2.88 bits per heavy atom. The summed E-state index contributed by atoms with van der Waals surface area (Å²) in [5.41, 5.74) is 6.83. The van der Waals surface area contributed by atoms with E-state index < -0.39 is 0 Å². The van der Waals surface area contributed by atoms with Crippen molar-refractivity contribution in [3.8, 4) is 5.75 Å². The largest absolute Gasteiger partial charge is 0.488 e. The number of ether oxygens (including phenoxy) is 1. The average Bonchev–Trinajstić information content (AvgIpc) is 2.26. The second-order valence-corrected chi connectivity index (χ2v) is 3.60. The van der Waals surface area contributed by atoms with Crippen molar-refractivity contribution in [2.24, 2.45) is 10.9 Å². The summed E-state index contributed by atoms with van der Waals surface area (Å²) >= 11 is 6.02. The van der Waals surface area contributed by atoms with Crippen LogP contribution in [0.2, 0.25) is 5.02 Å². The molecule has 1 aromatic rings. The second-order valence-electron chi connectivity index (χ2n) is 3.19. The molecule has 0 saturated carbocycles. The average molecular weight is 241 g/mol. The molecule has 0 amide bonds. The Bertz CT molecular complexity index is 407. The number of aryl methyl sites for hydroxylation is 1. The summed E-state index contributed by atoms with van der Waals surface area (Å²) < 4.78 is 5.39. The van der Waals surface area contributed by atoms with E-state index >= 15 is 0 Å². The Balaban J connectivity index is 3.12. The predicted molar refractivity (Wildman–Crippen MR) is 64.4 cm³/mol. The zero-order chi connectivity index (χ0) is 12.1. The maximum absolute atomic E-state index is 8.56. The molecule has 86 valence electrons. The zero-order valence-electron chi connectivity index (χ0n) is 8.90. The first-order valence-corrected chi connectivity index (χ1v) is 4.99. The smallest absolute Gasteiger partial charge is 0.170 e. The lowest BCUT2D eigenvalue weighted by Gasteiger charge is -2.11. The lowest BCUT2D eigenvalue weighted by Crippen LogP contribution is -2.13. The minimum atomic E-state index is 0.0141. The van der Waals surface area contributed by atoms with Crippen LogP contribution in [0.15, 0.2) is 29.9 Å². The zero-order valence-corrected chi connectivity index (χ0v) is 9.66. The Kier molecular flexibility index (Phi) is 4.19.